The van der Waals surface area contributed by atoms with E-state index in [0.29, 0.717) is 30.8 Å². The lowest BCUT2D eigenvalue weighted by molar-refractivity contribution is -0.137. The molecule has 0 saturated carbocycles. The summed E-state index contributed by atoms with van der Waals surface area (Å²) in [4.78, 5) is 15.4. The Morgan fingerprint density at radius 3 is 2.30 bits per heavy atom. The maximum absolute atomic E-state index is 15.2. The molecule has 6 rings (SSSR count). The summed E-state index contributed by atoms with van der Waals surface area (Å²) in [6.45, 7) is 11.9. The number of hydrogen-bond donors (Lipinski definition) is 1. The highest BCUT2D eigenvalue weighted by atomic mass is 19.4. The van der Waals surface area contributed by atoms with Crippen LogP contribution in [0.25, 0.3) is 11.1 Å². The number of hydrogen-bond acceptors (Lipinski definition) is 6. The lowest BCUT2D eigenvalue weighted by Gasteiger charge is -2.57. The normalized spacial score (nSPS) is 17.7. The summed E-state index contributed by atoms with van der Waals surface area (Å²) >= 11 is 0. The molecule has 1 aliphatic carbocycles. The van der Waals surface area contributed by atoms with Crippen LogP contribution in [0.15, 0.2) is 42.6 Å². The zero-order valence-electron chi connectivity index (χ0n) is 25.4. The van der Waals surface area contributed by atoms with E-state index in [1.165, 1.54) is 12.1 Å². The molecule has 1 unspecified atom stereocenters. The van der Waals surface area contributed by atoms with Crippen LogP contribution in [0.4, 0.5) is 27.6 Å². The third-order valence-electron chi connectivity index (χ3n) is 7.96. The van der Waals surface area contributed by atoms with Gasteiger partial charge in [0.15, 0.2) is 0 Å². The maximum atomic E-state index is 15.2. The van der Waals surface area contributed by atoms with Crippen molar-refractivity contribution in [2.24, 2.45) is 11.3 Å². The van der Waals surface area contributed by atoms with Gasteiger partial charge in [0.25, 0.3) is 6.47 Å². The molecule has 3 aliphatic rings. The smallest absolute Gasteiger partial charge is 0.417 e. The molecule has 1 atom stereocenters. The maximum Gasteiger partial charge on any atom is 0.417 e. The van der Waals surface area contributed by atoms with Crippen molar-refractivity contribution in [2.45, 2.75) is 53.3 Å². The summed E-state index contributed by atoms with van der Waals surface area (Å²) in [6.07, 6.45) is -1.32. The molecule has 2 aliphatic heterocycles. The third kappa shape index (κ3) is 7.31. The number of carbonyl (C=O) groups is 1. The highest BCUT2D eigenvalue weighted by Crippen LogP contribution is 2.42. The van der Waals surface area contributed by atoms with Crippen molar-refractivity contribution in [3.8, 4) is 17.0 Å². The van der Waals surface area contributed by atoms with E-state index in [1.54, 1.807) is 25.3 Å². The third-order valence-corrected chi connectivity index (χ3v) is 7.96. The number of ether oxygens (including phenoxy) is 2. The first kappa shape index (κ1) is 33.2. The number of nitrogens with one attached hydrogen (secondary N) is 1. The lowest BCUT2D eigenvalue weighted by atomic mass is 9.74. The molecule has 2 fully saturated rings. The number of carbonyl (C=O) groups excluding carboxylic acids is 1. The lowest BCUT2D eigenvalue weighted by Crippen LogP contribution is -2.71. The minimum absolute atomic E-state index is 0.107. The fourth-order valence-electron chi connectivity index (χ4n) is 5.75. The van der Waals surface area contributed by atoms with Crippen molar-refractivity contribution in [1.29, 1.82) is 0 Å². The number of rotatable bonds is 7. The van der Waals surface area contributed by atoms with Gasteiger partial charge < -0.3 is 19.7 Å². The molecular weight excluding hydrogens is 581 g/mol. The molecule has 0 radical (unpaired) electrons. The standard InChI is InChI=1S/C28H26F5N3O.C3H6O2.C2H6/c1-16-4-17-7-26(35-10-18(17)5-16)37-11-19-6-22(23(9-24(19)29)28(31,32)33)21-3-2-20(8-25(21)30)36-14-27(15-36)12-34-13-27;1-2-5-3-4;1-2/h2-3,6-10,16,34H,4-5,11-15H2,1H3;3H,2H2,1H3;1-2H3. The Morgan fingerprint density at radius 2 is 1.73 bits per heavy atom. The Kier molecular flexibility index (Phi) is 10.5. The van der Waals surface area contributed by atoms with Crippen LogP contribution in [0.2, 0.25) is 0 Å². The van der Waals surface area contributed by atoms with Crippen LogP contribution in [0.5, 0.6) is 5.88 Å². The van der Waals surface area contributed by atoms with Crippen molar-refractivity contribution < 1.29 is 36.2 Å². The van der Waals surface area contributed by atoms with Gasteiger partial charge in [0, 0.05) is 60.7 Å². The zero-order valence-corrected chi connectivity index (χ0v) is 25.4. The summed E-state index contributed by atoms with van der Waals surface area (Å²) in [5.41, 5.74) is 1.09. The number of benzene rings is 2. The second-order valence-electron chi connectivity index (χ2n) is 11.3. The number of halogens is 5. The Hall–Kier alpha value is -3.73. The average molecular weight is 620 g/mol. The molecule has 44 heavy (non-hydrogen) atoms. The first-order valence-corrected chi connectivity index (χ1v) is 14.8. The number of anilines is 1. The van der Waals surface area contributed by atoms with Crippen LogP contribution in [-0.2, 0) is 35.2 Å². The number of alkyl halides is 3. The van der Waals surface area contributed by atoms with E-state index in [9.17, 15) is 22.4 Å². The molecule has 6 nitrogen and oxygen atoms in total. The van der Waals surface area contributed by atoms with Crippen molar-refractivity contribution in [2.75, 3.05) is 37.7 Å². The van der Waals surface area contributed by atoms with Crippen molar-refractivity contribution >= 4 is 12.2 Å². The van der Waals surface area contributed by atoms with E-state index in [-0.39, 0.29) is 29.0 Å². The van der Waals surface area contributed by atoms with Gasteiger partial charge in [-0.3, -0.25) is 4.79 Å². The molecule has 1 aromatic heterocycles. The molecule has 2 saturated heterocycles. The van der Waals surface area contributed by atoms with Crippen molar-refractivity contribution in [3.05, 3.63) is 76.5 Å². The molecule has 1 spiro atoms. The Balaban J connectivity index is 0.000000576. The van der Waals surface area contributed by atoms with Gasteiger partial charge in [-0.05, 0) is 72.7 Å². The number of nitrogens with zero attached hydrogens (tertiary/aromatic N) is 2. The van der Waals surface area contributed by atoms with Gasteiger partial charge in [-0.25, -0.2) is 13.8 Å². The summed E-state index contributed by atoms with van der Waals surface area (Å²) < 4.78 is 81.3. The second-order valence-corrected chi connectivity index (χ2v) is 11.3. The molecule has 3 heterocycles. The van der Waals surface area contributed by atoms with E-state index in [4.69, 9.17) is 4.74 Å². The molecule has 0 bridgehead atoms. The minimum Gasteiger partial charge on any atom is -0.473 e. The van der Waals surface area contributed by atoms with Gasteiger partial charge in [0.05, 0.1) is 12.2 Å². The fraction of sp³-hybridized carbons (Fsp3) is 0.455. The molecule has 0 amide bonds. The van der Waals surface area contributed by atoms with E-state index >= 15 is 4.39 Å². The molecule has 238 valence electrons. The predicted octanol–water partition coefficient (Wildman–Crippen LogP) is 6.97. The molecule has 3 aromatic rings. The van der Waals surface area contributed by atoms with Gasteiger partial charge in [0.1, 0.15) is 18.2 Å². The van der Waals surface area contributed by atoms with Gasteiger partial charge in [-0.15, -0.1) is 0 Å². The van der Waals surface area contributed by atoms with Gasteiger partial charge in [-0.1, -0.05) is 20.8 Å². The topological polar surface area (TPSA) is 63.7 Å². The van der Waals surface area contributed by atoms with E-state index in [1.807, 2.05) is 18.7 Å². The van der Waals surface area contributed by atoms with Crippen LogP contribution in [-0.4, -0.2) is 44.2 Å². The van der Waals surface area contributed by atoms with E-state index < -0.39 is 28.9 Å². The average Bonchev–Trinajstić information content (AvgIpc) is 3.32. The number of fused-ring (bicyclic) bond motifs is 1. The van der Waals surface area contributed by atoms with Crippen LogP contribution in [0, 0.1) is 23.0 Å². The molecular formula is C33H38F5N3O3. The Morgan fingerprint density at radius 1 is 1.02 bits per heavy atom. The Labute approximate surface area is 254 Å². The predicted molar refractivity (Wildman–Crippen MR) is 158 cm³/mol. The van der Waals surface area contributed by atoms with E-state index in [2.05, 4.69) is 22.0 Å². The second kappa shape index (κ2) is 13.9. The van der Waals surface area contributed by atoms with Gasteiger partial charge in [-0.2, -0.15) is 13.2 Å². The SMILES string of the molecule is CC.CC1Cc2cnc(OCc3cc(-c4ccc(N5CC6(CNC6)C5)cc4F)c(C(F)(F)F)cc3F)cc2C1.CCOC=O. The number of pyridine rings is 1. The first-order valence-electron chi connectivity index (χ1n) is 14.8. The first-order chi connectivity index (χ1) is 21.0. The highest BCUT2D eigenvalue weighted by molar-refractivity contribution is 5.72. The molecule has 1 N–H and O–H groups in total. The monoisotopic (exact) mass is 619 g/mol. The van der Waals surface area contributed by atoms with E-state index in [0.717, 1.165) is 56.2 Å². The number of aromatic nitrogens is 1. The highest BCUT2D eigenvalue weighted by Gasteiger charge is 2.47. The summed E-state index contributed by atoms with van der Waals surface area (Å²) in [7, 11) is 0. The van der Waals surface area contributed by atoms with Crippen LogP contribution in [0.1, 0.15) is 49.9 Å². The molecule has 11 heteroatoms. The largest absolute Gasteiger partial charge is 0.473 e. The molecule has 2 aromatic carbocycles. The van der Waals surface area contributed by atoms with Crippen molar-refractivity contribution in [3.63, 3.8) is 0 Å². The van der Waals surface area contributed by atoms with Crippen LogP contribution < -0.4 is 15.0 Å². The van der Waals surface area contributed by atoms with Gasteiger partial charge >= 0.3 is 6.18 Å². The fourth-order valence-corrected chi connectivity index (χ4v) is 5.75. The van der Waals surface area contributed by atoms with Crippen molar-refractivity contribution in [1.82, 2.24) is 10.3 Å². The quantitative estimate of drug-likeness (QED) is 0.228. The van der Waals surface area contributed by atoms with Crippen LogP contribution >= 0.6 is 0 Å². The summed E-state index contributed by atoms with van der Waals surface area (Å²) in [5, 5.41) is 3.23. The Bertz CT molecular complexity index is 1450. The summed E-state index contributed by atoms with van der Waals surface area (Å²) in [5.74, 6) is -1.08. The van der Waals surface area contributed by atoms with Crippen LogP contribution in [0.3, 0.4) is 0 Å². The minimum atomic E-state index is -4.86. The zero-order chi connectivity index (χ0) is 32.1. The van der Waals surface area contributed by atoms with Gasteiger partial charge in [0.2, 0.25) is 5.88 Å². The summed E-state index contributed by atoms with van der Waals surface area (Å²) in [6, 6.07) is 7.45.